The number of halogens is 3. The first-order valence-electron chi connectivity index (χ1n) is 12.0. The zero-order valence-corrected chi connectivity index (χ0v) is 20.8. The summed E-state index contributed by atoms with van der Waals surface area (Å²) in [5.41, 5.74) is 0.350. The highest BCUT2D eigenvalue weighted by molar-refractivity contribution is 6.42. The molecule has 4 rings (SSSR count). The molecule has 9 heteroatoms. The minimum absolute atomic E-state index is 0.236. The Morgan fingerprint density at radius 2 is 1.77 bits per heavy atom. The molecule has 0 radical (unpaired) electrons. The molecule has 1 heterocycles. The molecule has 2 aromatic rings. The maximum absolute atomic E-state index is 13.5. The minimum atomic E-state index is -1.28. The molecule has 2 fully saturated rings. The second-order valence-corrected chi connectivity index (χ2v) is 10.6. The van der Waals surface area contributed by atoms with E-state index >= 15 is 0 Å². The van der Waals surface area contributed by atoms with E-state index in [-0.39, 0.29) is 22.8 Å². The molecule has 1 saturated heterocycles. The average Bonchev–Trinajstić information content (AvgIpc) is 2.85. The molecule has 1 N–H and O–H groups in total. The molecule has 1 aliphatic carbocycles. The lowest BCUT2D eigenvalue weighted by molar-refractivity contribution is -0.486. The van der Waals surface area contributed by atoms with E-state index in [0.717, 1.165) is 31.2 Å². The van der Waals surface area contributed by atoms with E-state index in [1.807, 2.05) is 12.1 Å². The molecule has 2 aliphatic rings. The second-order valence-electron chi connectivity index (χ2n) is 9.75. The van der Waals surface area contributed by atoms with Crippen molar-refractivity contribution in [3.05, 3.63) is 79.6 Å². The Morgan fingerprint density at radius 1 is 1.11 bits per heavy atom. The normalized spacial score (nSPS) is 23.5. The Morgan fingerprint density at radius 3 is 2.37 bits per heavy atom. The number of hydrogen-bond donors (Lipinski definition) is 1. The third-order valence-electron chi connectivity index (χ3n) is 7.96. The van der Waals surface area contributed by atoms with E-state index < -0.39 is 28.8 Å². The zero-order valence-electron chi connectivity index (χ0n) is 19.3. The Labute approximate surface area is 214 Å². The first-order chi connectivity index (χ1) is 16.7. The lowest BCUT2D eigenvalue weighted by Gasteiger charge is -2.47. The summed E-state index contributed by atoms with van der Waals surface area (Å²) in [5, 5.41) is 22.5. The van der Waals surface area contributed by atoms with Crippen LogP contribution in [0.5, 0.6) is 0 Å². The average molecular weight is 523 g/mol. The topological polar surface area (TPSA) is 83.7 Å². The number of likely N-dealkylation sites (tertiary alicyclic amines) is 1. The fourth-order valence-electron chi connectivity index (χ4n) is 6.09. The lowest BCUT2D eigenvalue weighted by atomic mass is 9.65. The maximum Gasteiger partial charge on any atom is 0.310 e. The highest BCUT2D eigenvalue weighted by Gasteiger charge is 2.51. The molecular formula is C26H29Cl2FN2O4. The summed E-state index contributed by atoms with van der Waals surface area (Å²) in [5.74, 6) is -1.85. The zero-order chi connectivity index (χ0) is 25.2. The predicted octanol–water partition coefficient (Wildman–Crippen LogP) is 6.39. The fraction of sp³-hybridized carbons (Fsp3) is 0.500. The van der Waals surface area contributed by atoms with Gasteiger partial charge in [-0.05, 0) is 80.1 Å². The Balaban J connectivity index is 1.59. The summed E-state index contributed by atoms with van der Waals surface area (Å²) in [6.45, 7) is 0.570. The molecule has 2 aromatic carbocycles. The van der Waals surface area contributed by atoms with Crippen LogP contribution < -0.4 is 0 Å². The Hall–Kier alpha value is -2.22. The van der Waals surface area contributed by atoms with Crippen molar-refractivity contribution in [2.75, 3.05) is 19.6 Å². The third-order valence-corrected chi connectivity index (χ3v) is 8.70. The monoisotopic (exact) mass is 522 g/mol. The summed E-state index contributed by atoms with van der Waals surface area (Å²) >= 11 is 12.2. The highest BCUT2D eigenvalue weighted by Crippen LogP contribution is 2.48. The number of carboxylic acids is 1. The fourth-order valence-corrected chi connectivity index (χ4v) is 6.40. The van der Waals surface area contributed by atoms with Crippen molar-refractivity contribution < 1.29 is 19.2 Å². The van der Waals surface area contributed by atoms with Crippen LogP contribution in [0.1, 0.15) is 61.5 Å². The van der Waals surface area contributed by atoms with Crippen LogP contribution in [0.2, 0.25) is 10.0 Å². The van der Waals surface area contributed by atoms with Gasteiger partial charge >= 0.3 is 5.97 Å². The van der Waals surface area contributed by atoms with Crippen molar-refractivity contribution in [3.63, 3.8) is 0 Å². The lowest BCUT2D eigenvalue weighted by Crippen LogP contribution is -2.53. The quantitative estimate of drug-likeness (QED) is 0.336. The van der Waals surface area contributed by atoms with Gasteiger partial charge in [-0.25, -0.2) is 4.39 Å². The summed E-state index contributed by atoms with van der Waals surface area (Å²) in [6.07, 6.45) is 4.79. The molecular weight excluding hydrogens is 494 g/mol. The van der Waals surface area contributed by atoms with Gasteiger partial charge in [0, 0.05) is 11.0 Å². The van der Waals surface area contributed by atoms with Crippen LogP contribution in [0.15, 0.2) is 42.5 Å². The van der Waals surface area contributed by atoms with E-state index in [4.69, 9.17) is 23.2 Å². The molecule has 3 unspecified atom stereocenters. The molecule has 0 aromatic heterocycles. The third kappa shape index (κ3) is 5.47. The SMILES string of the molecule is O=C(O)C1(C(C[N+](=O)[O-])c2ccc(Cl)c(Cl)c2)CCN(C2CCCCC2c2ccc(F)cc2)CC1. The number of aliphatic carboxylic acids is 1. The van der Waals surface area contributed by atoms with Crippen molar-refractivity contribution in [2.24, 2.45) is 5.41 Å². The standard InChI is InChI=1S/C26H29Cl2FN2O4/c27-22-10-7-18(15-23(22)28)21(16-31(34)35)26(25(32)33)11-13-30(14-12-26)24-4-2-1-3-20(24)17-5-8-19(29)9-6-17/h5-10,15,20-21,24H,1-4,11-14,16H2,(H,32,33). The molecule has 3 atom stereocenters. The van der Waals surface area contributed by atoms with Gasteiger partial charge in [-0.1, -0.05) is 54.2 Å². The van der Waals surface area contributed by atoms with Crippen molar-refractivity contribution in [1.82, 2.24) is 4.90 Å². The van der Waals surface area contributed by atoms with Gasteiger partial charge in [-0.2, -0.15) is 0 Å². The molecule has 188 valence electrons. The number of nitrogens with zero attached hydrogens (tertiary/aromatic N) is 2. The largest absolute Gasteiger partial charge is 0.481 e. The van der Waals surface area contributed by atoms with Gasteiger partial charge in [0.25, 0.3) is 0 Å². The van der Waals surface area contributed by atoms with Crippen LogP contribution in [0.4, 0.5) is 4.39 Å². The van der Waals surface area contributed by atoms with Gasteiger partial charge < -0.3 is 5.11 Å². The first kappa shape index (κ1) is 25.9. The van der Waals surface area contributed by atoms with Gasteiger partial charge in [0.1, 0.15) is 5.82 Å². The summed E-state index contributed by atoms with van der Waals surface area (Å²) < 4.78 is 13.5. The van der Waals surface area contributed by atoms with Crippen molar-refractivity contribution >= 4 is 29.2 Å². The van der Waals surface area contributed by atoms with Crippen LogP contribution in [0, 0.1) is 21.3 Å². The summed E-state index contributed by atoms with van der Waals surface area (Å²) in [6, 6.07) is 11.7. The van der Waals surface area contributed by atoms with Crippen molar-refractivity contribution in [3.8, 4) is 0 Å². The number of rotatable bonds is 7. The summed E-state index contributed by atoms with van der Waals surface area (Å²) in [7, 11) is 0. The first-order valence-corrected chi connectivity index (χ1v) is 12.8. The van der Waals surface area contributed by atoms with Crippen LogP contribution in [-0.2, 0) is 4.79 Å². The number of carboxylic acid groups (broad SMARTS) is 1. The van der Waals surface area contributed by atoms with Crippen molar-refractivity contribution in [2.45, 2.75) is 56.4 Å². The van der Waals surface area contributed by atoms with E-state index in [1.54, 1.807) is 18.2 Å². The van der Waals surface area contributed by atoms with Gasteiger partial charge in [0.05, 0.1) is 21.4 Å². The van der Waals surface area contributed by atoms with E-state index in [9.17, 15) is 24.4 Å². The molecule has 1 saturated carbocycles. The smallest absolute Gasteiger partial charge is 0.310 e. The molecule has 0 spiro atoms. The van der Waals surface area contributed by atoms with Crippen molar-refractivity contribution in [1.29, 1.82) is 0 Å². The van der Waals surface area contributed by atoms with Gasteiger partial charge in [-0.15, -0.1) is 0 Å². The summed E-state index contributed by atoms with van der Waals surface area (Å²) in [4.78, 5) is 26.2. The molecule has 6 nitrogen and oxygen atoms in total. The Bertz CT molecular complexity index is 1070. The molecule has 0 bridgehead atoms. The van der Waals surface area contributed by atoms with Crippen LogP contribution in [-0.4, -0.2) is 46.6 Å². The van der Waals surface area contributed by atoms with E-state index in [1.165, 1.54) is 12.1 Å². The van der Waals surface area contributed by atoms with Gasteiger partial charge in [0.15, 0.2) is 0 Å². The maximum atomic E-state index is 13.5. The molecule has 35 heavy (non-hydrogen) atoms. The molecule has 1 aliphatic heterocycles. The number of carbonyl (C=O) groups is 1. The van der Waals surface area contributed by atoms with E-state index in [2.05, 4.69) is 4.90 Å². The second kappa shape index (κ2) is 10.8. The van der Waals surface area contributed by atoms with Gasteiger partial charge in [0.2, 0.25) is 6.54 Å². The predicted molar refractivity (Wildman–Crippen MR) is 133 cm³/mol. The van der Waals surface area contributed by atoms with Gasteiger partial charge in [-0.3, -0.25) is 19.8 Å². The van der Waals surface area contributed by atoms with E-state index in [0.29, 0.717) is 36.5 Å². The molecule has 0 amide bonds. The number of hydrogen-bond acceptors (Lipinski definition) is 4. The Kier molecular flexibility index (Phi) is 7.99. The number of piperidine rings is 1. The van der Waals surface area contributed by atoms with Crippen LogP contribution in [0.3, 0.4) is 0 Å². The van der Waals surface area contributed by atoms with Crippen LogP contribution in [0.25, 0.3) is 0 Å². The number of nitro groups is 1. The van der Waals surface area contributed by atoms with Crippen LogP contribution >= 0.6 is 23.2 Å². The highest BCUT2D eigenvalue weighted by atomic mass is 35.5. The minimum Gasteiger partial charge on any atom is -0.481 e. The number of benzene rings is 2.